The first-order valence-corrected chi connectivity index (χ1v) is 10.7. The van der Waals surface area contributed by atoms with E-state index in [-0.39, 0.29) is 5.91 Å². The first-order valence-electron chi connectivity index (χ1n) is 10.3. The summed E-state index contributed by atoms with van der Waals surface area (Å²) in [7, 11) is 1.58. The molecule has 0 fully saturated rings. The second-order valence-electron chi connectivity index (χ2n) is 7.38. The molecule has 1 aromatic carbocycles. The van der Waals surface area contributed by atoms with E-state index in [1.807, 2.05) is 37.3 Å². The molecule has 11 heteroatoms. The number of benzene rings is 1. The number of nitrogens with one attached hydrogen (secondary N) is 1. The number of rotatable bonds is 6. The molecule has 10 nitrogen and oxygen atoms in total. The Balaban J connectivity index is 1.51. The fourth-order valence-electron chi connectivity index (χ4n) is 3.67. The van der Waals surface area contributed by atoms with Crippen LogP contribution in [-0.2, 0) is 4.74 Å². The zero-order valence-electron chi connectivity index (χ0n) is 18.3. The summed E-state index contributed by atoms with van der Waals surface area (Å²) in [5, 5.41) is 16.6. The predicted molar refractivity (Wildman–Crippen MR) is 126 cm³/mol. The fourth-order valence-corrected chi connectivity index (χ4v) is 3.91. The van der Waals surface area contributed by atoms with Gasteiger partial charge in [0.1, 0.15) is 0 Å². The normalized spacial score (nSPS) is 12.1. The molecule has 0 radical (unpaired) electrons. The topological polar surface area (TPSA) is 113 Å². The highest BCUT2D eigenvalue weighted by molar-refractivity contribution is 6.32. The molecule has 0 spiro atoms. The Morgan fingerprint density at radius 1 is 1.06 bits per heavy atom. The standard InChI is InChI=1S/C23H19ClN8O2/c1-14(34-2)21-17(13-29-31(21)20-7-3-6-19-16(20)5-4-8-25-19)23(33)30-15-11-18(24)22(26-12-15)32-27-9-10-28-32/h3-14H,1-2H3,(H,30,33). The molecule has 4 aromatic heterocycles. The quantitative estimate of drug-likeness (QED) is 0.395. The number of pyridine rings is 2. The largest absolute Gasteiger partial charge is 0.375 e. The maximum absolute atomic E-state index is 13.3. The van der Waals surface area contributed by atoms with Gasteiger partial charge in [-0.25, -0.2) is 9.67 Å². The summed E-state index contributed by atoms with van der Waals surface area (Å²) in [6.45, 7) is 1.86. The highest BCUT2D eigenvalue weighted by Gasteiger charge is 2.24. The van der Waals surface area contributed by atoms with Crippen LogP contribution in [-0.4, -0.2) is 47.8 Å². The molecule has 0 saturated carbocycles. The van der Waals surface area contributed by atoms with E-state index >= 15 is 0 Å². The van der Waals surface area contributed by atoms with Crippen molar-refractivity contribution in [2.45, 2.75) is 13.0 Å². The van der Waals surface area contributed by atoms with Crippen LogP contribution in [0.15, 0.2) is 67.4 Å². The van der Waals surface area contributed by atoms with E-state index in [0.717, 1.165) is 16.6 Å². The van der Waals surface area contributed by atoms with Gasteiger partial charge in [0.05, 0.1) is 64.1 Å². The Hall–Kier alpha value is -4.15. The monoisotopic (exact) mass is 474 g/mol. The molecule has 5 aromatic rings. The number of nitrogens with zero attached hydrogens (tertiary/aromatic N) is 7. The van der Waals surface area contributed by atoms with Gasteiger partial charge in [0.2, 0.25) is 0 Å². The summed E-state index contributed by atoms with van der Waals surface area (Å²) >= 11 is 6.34. The molecule has 0 saturated heterocycles. The lowest BCUT2D eigenvalue weighted by Crippen LogP contribution is -2.17. The number of fused-ring (bicyclic) bond motifs is 1. The number of methoxy groups -OCH3 is 1. The van der Waals surface area contributed by atoms with Crippen molar-refractivity contribution < 1.29 is 9.53 Å². The summed E-state index contributed by atoms with van der Waals surface area (Å²) < 4.78 is 7.29. The zero-order chi connectivity index (χ0) is 23.7. The Kier molecular flexibility index (Phi) is 5.74. The molecular formula is C23H19ClN8O2. The SMILES string of the molecule is COC(C)c1c(C(=O)Nc2cnc(-n3nccn3)c(Cl)c2)cnn1-c1cccc2ncccc12. The third kappa shape index (κ3) is 3.89. The molecule has 1 unspecified atom stereocenters. The van der Waals surface area contributed by atoms with Gasteiger partial charge >= 0.3 is 0 Å². The van der Waals surface area contributed by atoms with E-state index in [1.165, 1.54) is 29.6 Å². The molecular weight excluding hydrogens is 456 g/mol. The van der Waals surface area contributed by atoms with Crippen LogP contribution in [0.25, 0.3) is 22.4 Å². The summed E-state index contributed by atoms with van der Waals surface area (Å²) in [5.41, 5.74) is 3.01. The van der Waals surface area contributed by atoms with Crippen LogP contribution >= 0.6 is 11.6 Å². The Morgan fingerprint density at radius 3 is 2.65 bits per heavy atom. The first kappa shape index (κ1) is 21.7. The number of carbonyl (C=O) groups is 1. The van der Waals surface area contributed by atoms with Crippen LogP contribution < -0.4 is 5.32 Å². The summed E-state index contributed by atoms with van der Waals surface area (Å²) in [6.07, 6.45) is 7.38. The van der Waals surface area contributed by atoms with E-state index in [1.54, 1.807) is 24.1 Å². The number of halogens is 1. The molecule has 1 atom stereocenters. The van der Waals surface area contributed by atoms with Crippen LogP contribution in [0.5, 0.6) is 0 Å². The number of hydrogen-bond acceptors (Lipinski definition) is 7. The second kappa shape index (κ2) is 9.00. The molecule has 1 N–H and O–H groups in total. The number of ether oxygens (including phenoxy) is 1. The Labute approximate surface area is 199 Å². The van der Waals surface area contributed by atoms with Crippen molar-refractivity contribution in [2.24, 2.45) is 0 Å². The number of hydrogen-bond donors (Lipinski definition) is 1. The van der Waals surface area contributed by atoms with Gasteiger partial charge in [0, 0.05) is 18.7 Å². The van der Waals surface area contributed by atoms with Crippen LogP contribution in [0.1, 0.15) is 29.1 Å². The van der Waals surface area contributed by atoms with E-state index in [4.69, 9.17) is 16.3 Å². The maximum Gasteiger partial charge on any atom is 0.259 e. The lowest BCUT2D eigenvalue weighted by molar-refractivity contribution is 0.0989. The molecule has 0 aliphatic rings. The number of aromatic nitrogens is 7. The van der Waals surface area contributed by atoms with Crippen molar-refractivity contribution in [3.8, 4) is 11.5 Å². The highest BCUT2D eigenvalue weighted by atomic mass is 35.5. The van der Waals surface area contributed by atoms with Crippen molar-refractivity contribution >= 4 is 34.1 Å². The van der Waals surface area contributed by atoms with E-state index in [9.17, 15) is 4.79 Å². The van der Waals surface area contributed by atoms with Crippen LogP contribution in [0.3, 0.4) is 0 Å². The molecule has 34 heavy (non-hydrogen) atoms. The Bertz CT molecular complexity index is 1480. The second-order valence-corrected chi connectivity index (χ2v) is 7.79. The van der Waals surface area contributed by atoms with E-state index < -0.39 is 6.10 Å². The van der Waals surface area contributed by atoms with Gasteiger partial charge < -0.3 is 10.1 Å². The number of anilines is 1. The van der Waals surface area contributed by atoms with Crippen molar-refractivity contribution in [3.63, 3.8) is 0 Å². The summed E-state index contributed by atoms with van der Waals surface area (Å²) in [5.74, 6) is -0.0120. The first-order chi connectivity index (χ1) is 16.6. The maximum atomic E-state index is 13.3. The van der Waals surface area contributed by atoms with Crippen LogP contribution in [0.2, 0.25) is 5.02 Å². The van der Waals surface area contributed by atoms with Crippen LogP contribution in [0, 0.1) is 0 Å². The average Bonchev–Trinajstić information content (AvgIpc) is 3.54. The minimum atomic E-state index is -0.412. The van der Waals surface area contributed by atoms with E-state index in [0.29, 0.717) is 27.8 Å². The molecule has 4 heterocycles. The smallest absolute Gasteiger partial charge is 0.259 e. The van der Waals surface area contributed by atoms with E-state index in [2.05, 4.69) is 30.6 Å². The minimum absolute atomic E-state index is 0.290. The van der Waals surface area contributed by atoms with Crippen molar-refractivity contribution in [1.82, 2.24) is 34.7 Å². The van der Waals surface area contributed by atoms with Gasteiger partial charge in [-0.3, -0.25) is 9.78 Å². The summed E-state index contributed by atoms with van der Waals surface area (Å²) in [6, 6.07) is 11.2. The van der Waals surface area contributed by atoms with Gasteiger partial charge in [0.15, 0.2) is 5.82 Å². The van der Waals surface area contributed by atoms with Gasteiger partial charge in [-0.15, -0.1) is 4.80 Å². The third-order valence-corrected chi connectivity index (χ3v) is 5.61. The third-order valence-electron chi connectivity index (χ3n) is 5.33. The molecule has 1 amide bonds. The molecule has 170 valence electrons. The Morgan fingerprint density at radius 2 is 1.88 bits per heavy atom. The molecule has 5 rings (SSSR count). The number of carbonyl (C=O) groups excluding carboxylic acids is 1. The number of amides is 1. The lowest BCUT2D eigenvalue weighted by Gasteiger charge is -2.16. The minimum Gasteiger partial charge on any atom is -0.375 e. The molecule has 0 aliphatic heterocycles. The van der Waals surface area contributed by atoms with Gasteiger partial charge in [-0.1, -0.05) is 17.7 Å². The van der Waals surface area contributed by atoms with Crippen molar-refractivity contribution in [2.75, 3.05) is 12.4 Å². The van der Waals surface area contributed by atoms with Crippen molar-refractivity contribution in [3.05, 3.63) is 83.7 Å². The summed E-state index contributed by atoms with van der Waals surface area (Å²) in [4.78, 5) is 23.2. The zero-order valence-corrected chi connectivity index (χ0v) is 19.0. The highest BCUT2D eigenvalue weighted by Crippen LogP contribution is 2.29. The lowest BCUT2D eigenvalue weighted by atomic mass is 10.1. The molecule has 0 aliphatic carbocycles. The van der Waals surface area contributed by atoms with Crippen LogP contribution in [0.4, 0.5) is 5.69 Å². The van der Waals surface area contributed by atoms with Crippen molar-refractivity contribution in [1.29, 1.82) is 0 Å². The average molecular weight is 475 g/mol. The van der Waals surface area contributed by atoms with Gasteiger partial charge in [0.25, 0.3) is 5.91 Å². The fraction of sp³-hybridized carbons (Fsp3) is 0.130. The molecule has 0 bridgehead atoms. The van der Waals surface area contributed by atoms with Gasteiger partial charge in [-0.05, 0) is 37.3 Å². The predicted octanol–water partition coefficient (Wildman–Crippen LogP) is 4.01. The van der Waals surface area contributed by atoms with Gasteiger partial charge in [-0.2, -0.15) is 15.3 Å².